The maximum Gasteiger partial charge on any atom is 0.427 e. The van der Waals surface area contributed by atoms with Gasteiger partial charge in [-0.1, -0.05) is 60.2 Å². The number of nitrogens with zero attached hydrogens (tertiary/aromatic N) is 1. The van der Waals surface area contributed by atoms with Crippen LogP contribution in [0.3, 0.4) is 0 Å². The summed E-state index contributed by atoms with van der Waals surface area (Å²) in [4.78, 5) is -0.619. The second-order valence-electron chi connectivity index (χ2n) is 7.88. The fraction of sp³-hybridized carbons (Fsp3) is 0.292. The number of aryl methyl sites for hydroxylation is 1. The van der Waals surface area contributed by atoms with E-state index in [1.54, 1.807) is 24.3 Å². The van der Waals surface area contributed by atoms with Crippen molar-refractivity contribution < 1.29 is 13.2 Å². The minimum atomic E-state index is -4.41. The van der Waals surface area contributed by atoms with Gasteiger partial charge in [0.25, 0.3) is 0 Å². The molecule has 0 N–H and O–H groups in total. The lowest BCUT2D eigenvalue weighted by molar-refractivity contribution is -0.134. The summed E-state index contributed by atoms with van der Waals surface area (Å²) in [5.74, 6) is 1.09. The highest BCUT2D eigenvalue weighted by molar-refractivity contribution is 7.06. The van der Waals surface area contributed by atoms with Gasteiger partial charge in [0.2, 0.25) is 0 Å². The summed E-state index contributed by atoms with van der Waals surface area (Å²) in [6.45, 7) is 6.09. The minimum Gasteiger partial charge on any atom is -0.192 e. The van der Waals surface area contributed by atoms with Crippen molar-refractivity contribution in [2.24, 2.45) is 5.92 Å². The molecule has 1 nitrogen and oxygen atoms in total. The molecule has 30 heavy (non-hydrogen) atoms. The Bertz CT molecular complexity index is 1050. The van der Waals surface area contributed by atoms with Crippen LogP contribution in [0.1, 0.15) is 40.8 Å². The van der Waals surface area contributed by atoms with E-state index < -0.39 is 11.1 Å². The molecular formula is C24H21ClF3NS. The van der Waals surface area contributed by atoms with Crippen molar-refractivity contribution in [1.29, 1.82) is 0 Å². The zero-order valence-corrected chi connectivity index (χ0v) is 18.0. The van der Waals surface area contributed by atoms with E-state index in [-0.39, 0.29) is 12.0 Å². The number of halogens is 4. The van der Waals surface area contributed by atoms with E-state index in [4.69, 9.17) is 11.6 Å². The van der Waals surface area contributed by atoms with Gasteiger partial charge in [-0.2, -0.15) is 17.5 Å². The Morgan fingerprint density at radius 3 is 2.33 bits per heavy atom. The Labute approximate surface area is 183 Å². The van der Waals surface area contributed by atoms with Crippen LogP contribution in [-0.2, 0) is 19.0 Å². The zero-order valence-electron chi connectivity index (χ0n) is 16.5. The lowest BCUT2D eigenvalue weighted by Gasteiger charge is -2.10. The molecule has 1 aromatic heterocycles. The minimum absolute atomic E-state index is 0.253. The maximum absolute atomic E-state index is 13.6. The molecule has 2 aromatic carbocycles. The van der Waals surface area contributed by atoms with E-state index >= 15 is 0 Å². The molecule has 0 bridgehead atoms. The number of aromatic nitrogens is 1. The van der Waals surface area contributed by atoms with Gasteiger partial charge in [0.15, 0.2) is 0 Å². The molecule has 2 unspecified atom stereocenters. The molecule has 1 saturated carbocycles. The molecule has 0 radical (unpaired) electrons. The second kappa shape index (κ2) is 8.20. The Balaban J connectivity index is 1.54. The maximum atomic E-state index is 13.6. The fourth-order valence-electron chi connectivity index (χ4n) is 3.91. The number of hydrogen-bond acceptors (Lipinski definition) is 2. The lowest BCUT2D eigenvalue weighted by atomic mass is 9.98. The normalized spacial score (nSPS) is 18.4. The van der Waals surface area contributed by atoms with Crippen LogP contribution in [0.2, 0.25) is 5.02 Å². The Morgan fingerprint density at radius 1 is 1.10 bits per heavy atom. The topological polar surface area (TPSA) is 12.9 Å². The van der Waals surface area contributed by atoms with E-state index in [0.29, 0.717) is 46.1 Å². The van der Waals surface area contributed by atoms with Crippen molar-refractivity contribution >= 4 is 23.1 Å². The highest BCUT2D eigenvalue weighted by Crippen LogP contribution is 2.51. The van der Waals surface area contributed by atoms with Crippen LogP contribution in [0.25, 0.3) is 11.3 Å². The van der Waals surface area contributed by atoms with Gasteiger partial charge in [0.1, 0.15) is 4.88 Å². The fourth-order valence-corrected chi connectivity index (χ4v) is 4.84. The average molecular weight is 448 g/mol. The van der Waals surface area contributed by atoms with Gasteiger partial charge in [-0.15, -0.1) is 0 Å². The molecule has 0 spiro atoms. The summed E-state index contributed by atoms with van der Waals surface area (Å²) in [5, 5.41) is 0.538. The predicted octanol–water partition coefficient (Wildman–Crippen LogP) is 7.95. The first-order chi connectivity index (χ1) is 14.2. The van der Waals surface area contributed by atoms with Gasteiger partial charge in [-0.3, -0.25) is 0 Å². The molecular weight excluding hydrogens is 427 g/mol. The van der Waals surface area contributed by atoms with Crippen LogP contribution >= 0.6 is 23.1 Å². The molecule has 1 aliphatic rings. The Kier molecular flexibility index (Phi) is 5.78. The van der Waals surface area contributed by atoms with Gasteiger partial charge in [0.05, 0.1) is 5.69 Å². The summed E-state index contributed by atoms with van der Waals surface area (Å²) in [6, 6.07) is 15.0. The van der Waals surface area contributed by atoms with Crippen molar-refractivity contribution in [3.05, 3.63) is 87.3 Å². The van der Waals surface area contributed by atoms with Crippen LogP contribution < -0.4 is 0 Å². The van der Waals surface area contributed by atoms with E-state index in [9.17, 15) is 13.2 Å². The van der Waals surface area contributed by atoms with Gasteiger partial charge in [-0.05, 0) is 72.8 Å². The first-order valence-electron chi connectivity index (χ1n) is 9.80. The lowest BCUT2D eigenvalue weighted by Crippen LogP contribution is -2.07. The summed E-state index contributed by atoms with van der Waals surface area (Å²) >= 11 is 6.44. The van der Waals surface area contributed by atoms with Crippen molar-refractivity contribution in [3.63, 3.8) is 0 Å². The molecule has 156 valence electrons. The molecule has 3 aromatic rings. The quantitative estimate of drug-likeness (QED) is 0.349. The number of alkyl halides is 3. The molecule has 1 aliphatic carbocycles. The van der Waals surface area contributed by atoms with Crippen LogP contribution in [0, 0.1) is 5.92 Å². The van der Waals surface area contributed by atoms with Crippen molar-refractivity contribution in [3.8, 4) is 11.3 Å². The van der Waals surface area contributed by atoms with Crippen LogP contribution in [0.5, 0.6) is 0 Å². The van der Waals surface area contributed by atoms with Crippen molar-refractivity contribution in [1.82, 2.24) is 4.37 Å². The number of allylic oxidation sites excluding steroid dienone is 1. The van der Waals surface area contributed by atoms with Gasteiger partial charge in [-0.25, -0.2) is 0 Å². The molecule has 0 amide bonds. The molecule has 0 aliphatic heterocycles. The molecule has 2 atom stereocenters. The standard InChI is InChI=1S/C24H21ClF3NS/c1-14(2)20-13-21(20)16-6-3-15(4-7-16)5-12-19-22(17-8-10-18(25)11-9-17)29-30-23(19)24(26,27)28/h3-4,6-11,20-21H,1,5,12-13H2,2H3. The smallest absolute Gasteiger partial charge is 0.192 e. The number of benzene rings is 2. The molecule has 1 fully saturated rings. The van der Waals surface area contributed by atoms with Gasteiger partial charge < -0.3 is 0 Å². The first kappa shape index (κ1) is 21.1. The van der Waals surface area contributed by atoms with E-state index in [1.165, 1.54) is 11.1 Å². The highest BCUT2D eigenvalue weighted by atomic mass is 35.5. The number of rotatable bonds is 6. The van der Waals surface area contributed by atoms with Gasteiger partial charge in [0, 0.05) is 16.1 Å². The average Bonchev–Trinajstić information content (AvgIpc) is 3.39. The first-order valence-corrected chi connectivity index (χ1v) is 10.9. The summed E-state index contributed by atoms with van der Waals surface area (Å²) < 4.78 is 44.8. The molecule has 0 saturated heterocycles. The predicted molar refractivity (Wildman–Crippen MR) is 117 cm³/mol. The summed E-state index contributed by atoms with van der Waals surface area (Å²) in [5.41, 5.74) is 4.81. The van der Waals surface area contributed by atoms with E-state index in [1.807, 2.05) is 12.1 Å². The second-order valence-corrected chi connectivity index (χ2v) is 9.09. The van der Waals surface area contributed by atoms with Crippen molar-refractivity contribution in [2.75, 3.05) is 0 Å². The van der Waals surface area contributed by atoms with Crippen LogP contribution in [0.15, 0.2) is 60.7 Å². The van der Waals surface area contributed by atoms with Crippen molar-refractivity contribution in [2.45, 2.75) is 38.3 Å². The van der Waals surface area contributed by atoms with E-state index in [2.05, 4.69) is 30.0 Å². The largest absolute Gasteiger partial charge is 0.427 e. The molecule has 4 rings (SSSR count). The highest BCUT2D eigenvalue weighted by Gasteiger charge is 2.39. The monoisotopic (exact) mass is 447 g/mol. The van der Waals surface area contributed by atoms with Crippen LogP contribution in [-0.4, -0.2) is 4.37 Å². The molecule has 6 heteroatoms. The van der Waals surface area contributed by atoms with Gasteiger partial charge >= 0.3 is 6.18 Å². The third-order valence-corrected chi connectivity index (χ3v) is 6.84. The Hall–Kier alpha value is -2.11. The summed E-state index contributed by atoms with van der Waals surface area (Å²) in [7, 11) is 0. The summed E-state index contributed by atoms with van der Waals surface area (Å²) in [6.07, 6.45) is -2.48. The molecule has 1 heterocycles. The van der Waals surface area contributed by atoms with E-state index in [0.717, 1.165) is 12.0 Å². The Morgan fingerprint density at radius 2 is 1.77 bits per heavy atom. The van der Waals surface area contributed by atoms with Crippen LogP contribution in [0.4, 0.5) is 13.2 Å². The third-order valence-electron chi connectivity index (χ3n) is 5.66. The number of hydrogen-bond donors (Lipinski definition) is 0. The third kappa shape index (κ3) is 4.47. The zero-order chi connectivity index (χ0) is 21.5. The SMILES string of the molecule is C=C(C)C1CC1c1ccc(CCc2c(-c3ccc(Cl)cc3)nsc2C(F)(F)F)cc1.